The first-order chi connectivity index (χ1) is 11.7. The average molecular weight is 405 g/mol. The molecule has 1 aliphatic heterocycles. The molecule has 0 spiro atoms. The van der Waals surface area contributed by atoms with Crippen LogP contribution in [0.25, 0.3) is 11.4 Å². The molecule has 0 N–H and O–H groups in total. The summed E-state index contributed by atoms with van der Waals surface area (Å²) in [5, 5.41) is 0.719. The number of halogens is 2. The van der Waals surface area contributed by atoms with Gasteiger partial charge in [0.1, 0.15) is 12.0 Å². The van der Waals surface area contributed by atoms with Crippen LogP contribution >= 0.6 is 27.5 Å². The van der Waals surface area contributed by atoms with Crippen molar-refractivity contribution in [1.82, 2.24) is 14.9 Å². The first kappa shape index (κ1) is 15.8. The molecule has 4 rings (SSSR count). The Kier molecular flexibility index (Phi) is 4.39. The molecule has 1 aromatic carbocycles. The van der Waals surface area contributed by atoms with Crippen LogP contribution in [0, 0.1) is 0 Å². The smallest absolute Gasteiger partial charge is 0.159 e. The van der Waals surface area contributed by atoms with E-state index in [4.69, 9.17) is 21.0 Å². The van der Waals surface area contributed by atoms with Crippen molar-refractivity contribution >= 4 is 27.5 Å². The minimum absolute atomic E-state index is 0.719. The van der Waals surface area contributed by atoms with Crippen LogP contribution in [0.3, 0.4) is 0 Å². The predicted octanol–water partition coefficient (Wildman–Crippen LogP) is 4.71. The van der Waals surface area contributed by atoms with Crippen molar-refractivity contribution in [1.29, 1.82) is 0 Å². The van der Waals surface area contributed by atoms with Crippen molar-refractivity contribution in [2.75, 3.05) is 6.54 Å². The third-order valence-electron chi connectivity index (χ3n) is 4.12. The highest BCUT2D eigenvalue weighted by molar-refractivity contribution is 9.10. The lowest BCUT2D eigenvalue weighted by Crippen LogP contribution is -2.30. The lowest BCUT2D eigenvalue weighted by Gasteiger charge is -2.27. The number of hydrogen-bond donors (Lipinski definition) is 0. The third-order valence-corrected chi connectivity index (χ3v) is 4.78. The van der Waals surface area contributed by atoms with E-state index in [1.807, 2.05) is 36.5 Å². The molecule has 0 aliphatic carbocycles. The van der Waals surface area contributed by atoms with Crippen LogP contribution in [-0.4, -0.2) is 21.4 Å². The van der Waals surface area contributed by atoms with Crippen LogP contribution in [0.5, 0.6) is 0 Å². The number of hydrogen-bond acceptors (Lipinski definition) is 4. The van der Waals surface area contributed by atoms with E-state index >= 15 is 0 Å². The van der Waals surface area contributed by atoms with Gasteiger partial charge >= 0.3 is 0 Å². The topological polar surface area (TPSA) is 42.2 Å². The number of benzene rings is 1. The van der Waals surface area contributed by atoms with Crippen molar-refractivity contribution < 1.29 is 4.42 Å². The Hall–Kier alpha value is -1.69. The predicted molar refractivity (Wildman–Crippen MR) is 96.7 cm³/mol. The van der Waals surface area contributed by atoms with E-state index in [0.29, 0.717) is 0 Å². The van der Waals surface area contributed by atoms with Gasteiger partial charge in [-0.2, -0.15) is 0 Å². The first-order valence-electron chi connectivity index (χ1n) is 7.73. The standard InChI is InChI=1S/C18H15BrClN3O/c19-14-7-16(24-11-14)10-23-6-5-17-13(9-23)8-21-18(22-17)12-1-3-15(20)4-2-12/h1-4,7-8,11H,5-6,9-10H2. The second-order valence-corrected chi connectivity index (χ2v) is 7.22. The van der Waals surface area contributed by atoms with E-state index in [1.165, 1.54) is 5.56 Å². The summed E-state index contributed by atoms with van der Waals surface area (Å²) in [5.41, 5.74) is 3.31. The molecule has 3 aromatic rings. The number of aromatic nitrogens is 2. The Morgan fingerprint density at radius 1 is 1.25 bits per heavy atom. The van der Waals surface area contributed by atoms with Crippen LogP contribution in [-0.2, 0) is 19.5 Å². The average Bonchev–Trinajstić information content (AvgIpc) is 3.00. The fourth-order valence-electron chi connectivity index (χ4n) is 2.90. The van der Waals surface area contributed by atoms with Gasteiger partial charge in [-0.1, -0.05) is 11.6 Å². The molecule has 2 aromatic heterocycles. The number of furan rings is 1. The Bertz CT molecular complexity index is 863. The zero-order chi connectivity index (χ0) is 16.5. The van der Waals surface area contributed by atoms with Gasteiger partial charge < -0.3 is 4.42 Å². The van der Waals surface area contributed by atoms with Crippen molar-refractivity contribution in [3.63, 3.8) is 0 Å². The van der Waals surface area contributed by atoms with E-state index in [1.54, 1.807) is 6.26 Å². The molecule has 0 atom stereocenters. The SMILES string of the molecule is Clc1ccc(-c2ncc3c(n2)CCN(Cc2cc(Br)co2)C3)cc1. The summed E-state index contributed by atoms with van der Waals surface area (Å²) in [4.78, 5) is 11.6. The van der Waals surface area contributed by atoms with Gasteiger partial charge in [0.05, 0.1) is 16.7 Å². The van der Waals surface area contributed by atoms with Gasteiger partial charge in [-0.05, 0) is 46.3 Å². The zero-order valence-electron chi connectivity index (χ0n) is 12.9. The number of fused-ring (bicyclic) bond motifs is 1. The van der Waals surface area contributed by atoms with Crippen molar-refractivity contribution in [3.05, 3.63) is 69.3 Å². The van der Waals surface area contributed by atoms with E-state index in [2.05, 4.69) is 25.8 Å². The summed E-state index contributed by atoms with van der Waals surface area (Å²) < 4.78 is 6.49. The van der Waals surface area contributed by atoms with Gasteiger partial charge in [-0.3, -0.25) is 4.90 Å². The molecule has 122 valence electrons. The van der Waals surface area contributed by atoms with E-state index in [-0.39, 0.29) is 0 Å². The molecular formula is C18H15BrClN3O. The first-order valence-corrected chi connectivity index (χ1v) is 8.90. The Balaban J connectivity index is 1.52. The van der Waals surface area contributed by atoms with Crippen LogP contribution in [0.4, 0.5) is 0 Å². The van der Waals surface area contributed by atoms with Crippen LogP contribution < -0.4 is 0 Å². The van der Waals surface area contributed by atoms with Gasteiger partial charge in [0, 0.05) is 41.9 Å². The van der Waals surface area contributed by atoms with E-state index < -0.39 is 0 Å². The van der Waals surface area contributed by atoms with Gasteiger partial charge in [0.15, 0.2) is 5.82 Å². The molecule has 6 heteroatoms. The second-order valence-electron chi connectivity index (χ2n) is 5.86. The van der Waals surface area contributed by atoms with Gasteiger partial charge in [0.2, 0.25) is 0 Å². The van der Waals surface area contributed by atoms with Crippen LogP contribution in [0.1, 0.15) is 17.0 Å². The van der Waals surface area contributed by atoms with E-state index in [0.717, 1.165) is 58.4 Å². The summed E-state index contributed by atoms with van der Waals surface area (Å²) in [6, 6.07) is 9.64. The Labute approximate surface area is 153 Å². The molecule has 0 unspecified atom stereocenters. The fraction of sp³-hybridized carbons (Fsp3) is 0.222. The molecule has 0 bridgehead atoms. The second kappa shape index (κ2) is 6.67. The summed E-state index contributed by atoms with van der Waals surface area (Å²) >= 11 is 9.36. The minimum Gasteiger partial charge on any atom is -0.467 e. The molecule has 24 heavy (non-hydrogen) atoms. The Morgan fingerprint density at radius 3 is 2.83 bits per heavy atom. The fourth-order valence-corrected chi connectivity index (χ4v) is 3.38. The third kappa shape index (κ3) is 3.38. The van der Waals surface area contributed by atoms with Crippen molar-refractivity contribution in [2.24, 2.45) is 0 Å². The quantitative estimate of drug-likeness (QED) is 0.634. The monoisotopic (exact) mass is 403 g/mol. The molecule has 0 fully saturated rings. The maximum absolute atomic E-state index is 5.94. The maximum Gasteiger partial charge on any atom is 0.159 e. The lowest BCUT2D eigenvalue weighted by molar-refractivity contribution is 0.223. The van der Waals surface area contributed by atoms with Crippen LogP contribution in [0.2, 0.25) is 5.02 Å². The van der Waals surface area contributed by atoms with Crippen molar-refractivity contribution in [3.8, 4) is 11.4 Å². The molecular weight excluding hydrogens is 390 g/mol. The normalized spacial score (nSPS) is 14.6. The highest BCUT2D eigenvalue weighted by Crippen LogP contribution is 2.24. The van der Waals surface area contributed by atoms with Crippen LogP contribution in [0.15, 0.2) is 51.7 Å². The maximum atomic E-state index is 5.94. The largest absolute Gasteiger partial charge is 0.467 e. The summed E-state index contributed by atoms with van der Waals surface area (Å²) in [5.74, 6) is 1.72. The summed E-state index contributed by atoms with van der Waals surface area (Å²) in [6.45, 7) is 2.60. The minimum atomic E-state index is 0.719. The molecule has 0 radical (unpaired) electrons. The highest BCUT2D eigenvalue weighted by Gasteiger charge is 2.19. The van der Waals surface area contributed by atoms with Gasteiger partial charge in [-0.15, -0.1) is 0 Å². The van der Waals surface area contributed by atoms with Gasteiger partial charge in [-0.25, -0.2) is 9.97 Å². The molecule has 0 amide bonds. The molecule has 0 saturated heterocycles. The summed E-state index contributed by atoms with van der Waals surface area (Å²) in [6.07, 6.45) is 4.57. The van der Waals surface area contributed by atoms with Gasteiger partial charge in [0.25, 0.3) is 0 Å². The molecule has 3 heterocycles. The molecule has 1 aliphatic rings. The molecule has 0 saturated carbocycles. The molecule has 4 nitrogen and oxygen atoms in total. The van der Waals surface area contributed by atoms with Crippen molar-refractivity contribution in [2.45, 2.75) is 19.5 Å². The zero-order valence-corrected chi connectivity index (χ0v) is 15.2. The number of rotatable bonds is 3. The Morgan fingerprint density at radius 2 is 2.08 bits per heavy atom. The highest BCUT2D eigenvalue weighted by atomic mass is 79.9. The summed E-state index contributed by atoms with van der Waals surface area (Å²) in [7, 11) is 0. The lowest BCUT2D eigenvalue weighted by atomic mass is 10.1. The van der Waals surface area contributed by atoms with E-state index in [9.17, 15) is 0 Å². The number of nitrogens with zero attached hydrogens (tertiary/aromatic N) is 3.